The zero-order valence-electron chi connectivity index (χ0n) is 18.9. The van der Waals surface area contributed by atoms with Crippen molar-refractivity contribution in [3.8, 4) is 0 Å². The highest BCUT2D eigenvalue weighted by Crippen LogP contribution is 2.47. The van der Waals surface area contributed by atoms with E-state index in [9.17, 15) is 0 Å². The summed E-state index contributed by atoms with van der Waals surface area (Å²) in [6, 6.07) is 3.90. The lowest BCUT2D eigenvalue weighted by molar-refractivity contribution is 0.00245. The Morgan fingerprint density at radius 2 is 2.12 bits per heavy atom. The van der Waals surface area contributed by atoms with E-state index < -0.39 is 12.3 Å². The zero-order valence-corrected chi connectivity index (χ0v) is 15.9. The summed E-state index contributed by atoms with van der Waals surface area (Å²) in [6.07, 6.45) is 2.71. The van der Waals surface area contributed by atoms with Gasteiger partial charge in [-0.1, -0.05) is 20.6 Å². The molecule has 0 N–H and O–H groups in total. The Bertz CT molecular complexity index is 1060. The number of hydrazine groups is 1. The highest BCUT2D eigenvalue weighted by Gasteiger charge is 2.51. The summed E-state index contributed by atoms with van der Waals surface area (Å²) in [5.41, 5.74) is 1.34. The van der Waals surface area contributed by atoms with Crippen LogP contribution in [0, 0.1) is 12.3 Å². The lowest BCUT2D eigenvalue weighted by Crippen LogP contribution is -2.58. The molecular weight excluding hydrogens is 309 g/mol. The second kappa shape index (κ2) is 5.13. The maximum Gasteiger partial charge on any atom is 0.299 e. The van der Waals surface area contributed by atoms with Crippen LogP contribution in [0.5, 0.6) is 0 Å². The summed E-state index contributed by atoms with van der Waals surface area (Å²) in [4.78, 5) is 6.71. The fraction of sp³-hybridized carbons (Fsp3) is 0.550. The van der Waals surface area contributed by atoms with E-state index in [0.29, 0.717) is 12.1 Å². The van der Waals surface area contributed by atoms with Gasteiger partial charge in [0.1, 0.15) is 5.42 Å². The van der Waals surface area contributed by atoms with Gasteiger partial charge in [0, 0.05) is 38.2 Å². The van der Waals surface area contributed by atoms with Crippen molar-refractivity contribution >= 4 is 30.1 Å². The summed E-state index contributed by atoms with van der Waals surface area (Å²) >= 11 is 0. The molecule has 0 spiro atoms. The molecule has 2 aromatic heterocycles. The number of hydrogen-bond donors (Lipinski definition) is 0. The lowest BCUT2D eigenvalue weighted by Gasteiger charge is -2.46. The average Bonchev–Trinajstić information content (AvgIpc) is 2.97. The van der Waals surface area contributed by atoms with Crippen molar-refractivity contribution in [2.24, 2.45) is 5.41 Å². The van der Waals surface area contributed by atoms with Crippen molar-refractivity contribution in [2.45, 2.75) is 66.3 Å². The fourth-order valence-corrected chi connectivity index (χ4v) is 4.60. The summed E-state index contributed by atoms with van der Waals surface area (Å²) < 4.78 is 30.5. The molecule has 2 atom stereocenters. The van der Waals surface area contributed by atoms with Gasteiger partial charge in [-0.15, -0.1) is 0 Å². The first-order valence-electron chi connectivity index (χ1n) is 10.5. The molecule has 25 heavy (non-hydrogen) atoms. The first kappa shape index (κ1) is 13.5. The van der Waals surface area contributed by atoms with E-state index in [1.165, 1.54) is 0 Å². The van der Waals surface area contributed by atoms with Crippen molar-refractivity contribution in [3.05, 3.63) is 28.5 Å². The minimum Gasteiger partial charge on any atom is -0.439 e. The predicted molar refractivity (Wildman–Crippen MR) is 104 cm³/mol. The van der Waals surface area contributed by atoms with Crippen molar-refractivity contribution < 1.29 is 8.53 Å². The minimum atomic E-state index is -2.02. The number of aryl methyl sites for hydroxylation is 1. The van der Waals surface area contributed by atoms with E-state index in [2.05, 4.69) is 47.8 Å². The van der Waals surface area contributed by atoms with Crippen LogP contribution in [-0.2, 0) is 0 Å². The minimum absolute atomic E-state index is 0.0508. The predicted octanol–water partition coefficient (Wildman–Crippen LogP) is 2.94. The Balaban J connectivity index is 1.86. The molecule has 5 heteroatoms. The molecule has 1 saturated heterocycles. The van der Waals surface area contributed by atoms with Crippen LogP contribution in [0.15, 0.2) is 16.5 Å². The second-order valence-electron chi connectivity index (χ2n) is 8.53. The number of pyridine rings is 1. The molecule has 0 radical (unpaired) electrons. The first-order valence-corrected chi connectivity index (χ1v) is 9.03. The number of furan rings is 1. The molecule has 2 aliphatic heterocycles. The van der Waals surface area contributed by atoms with E-state index in [-0.39, 0.29) is 18.4 Å². The molecule has 0 aliphatic carbocycles. The number of nitrogens with zero attached hydrogens (tertiary/aromatic N) is 3. The maximum absolute atomic E-state index is 8.15. The molecule has 4 nitrogen and oxygen atoms in total. The van der Waals surface area contributed by atoms with Gasteiger partial charge in [-0.2, -0.15) is 0 Å². The molecule has 132 valence electrons. The molecule has 1 fully saturated rings. The molecule has 0 bridgehead atoms. The van der Waals surface area contributed by atoms with Gasteiger partial charge in [0.05, 0.1) is 0 Å². The van der Waals surface area contributed by atoms with Gasteiger partial charge in [-0.05, 0) is 57.6 Å². The monoisotopic (exact) mass is 340 g/mol. The van der Waals surface area contributed by atoms with Crippen LogP contribution in [0.25, 0.3) is 23.3 Å². The van der Waals surface area contributed by atoms with Crippen LogP contribution in [0.1, 0.15) is 50.8 Å². The summed E-state index contributed by atoms with van der Waals surface area (Å²) in [5, 5.41) is 4.24. The molecule has 0 aromatic carbocycles. The van der Waals surface area contributed by atoms with Crippen molar-refractivity contribution in [1.29, 1.82) is 0 Å². The third kappa shape index (κ3) is 2.43. The van der Waals surface area contributed by atoms with Crippen LogP contribution >= 0.6 is 0 Å². The van der Waals surface area contributed by atoms with Crippen LogP contribution < -0.4 is 10.6 Å². The molecule has 0 amide bonds. The quantitative estimate of drug-likeness (QED) is 0.748. The topological polar surface area (TPSA) is 32.5 Å². The molecule has 0 saturated carbocycles. The standard InChI is InChI=1S/C20H28BN3O/c1-13-8-9-15-16-11-23(21(7)10-17(16)25-18(15)22-13)24-14(2)19(3,4)12-20(24,5)6/h8-11,14H,12H2,1-7H3/i3D3. The Kier molecular flexibility index (Phi) is 2.76. The molecule has 2 aromatic rings. The highest BCUT2D eigenvalue weighted by molar-refractivity contribution is 6.70. The van der Waals surface area contributed by atoms with Crippen LogP contribution in [0.2, 0.25) is 6.82 Å². The van der Waals surface area contributed by atoms with Gasteiger partial charge in [0.15, 0.2) is 0 Å². The molecule has 2 aliphatic rings. The largest absolute Gasteiger partial charge is 0.439 e. The average molecular weight is 340 g/mol. The van der Waals surface area contributed by atoms with Gasteiger partial charge in [-0.25, -0.2) is 9.99 Å². The maximum atomic E-state index is 8.15. The smallest absolute Gasteiger partial charge is 0.299 e. The van der Waals surface area contributed by atoms with Crippen LogP contribution in [-0.4, -0.2) is 33.3 Å². The molecule has 2 unspecified atom stereocenters. The highest BCUT2D eigenvalue weighted by atomic mass is 16.3. The van der Waals surface area contributed by atoms with Crippen LogP contribution in [0.4, 0.5) is 0 Å². The normalized spacial score (nSPS) is 31.1. The van der Waals surface area contributed by atoms with E-state index in [1.807, 2.05) is 32.9 Å². The second-order valence-corrected chi connectivity index (χ2v) is 8.53. The lowest BCUT2D eigenvalue weighted by atomic mass is 9.63. The zero-order chi connectivity index (χ0) is 20.6. The SMILES string of the molecule is [2H]C([2H])([2H])C1(C)CC(C)(C)N(N2C=c3c(oc4nc(C)ccc34)=CB2C)C1C. The molecular formula is C20H28BN3O. The molecule has 4 rings (SSSR count). The Hall–Kier alpha value is -1.75. The van der Waals surface area contributed by atoms with E-state index in [1.54, 1.807) is 0 Å². The Morgan fingerprint density at radius 3 is 2.80 bits per heavy atom. The fourth-order valence-electron chi connectivity index (χ4n) is 4.60. The number of rotatable bonds is 1. The van der Waals surface area contributed by atoms with E-state index in [4.69, 9.17) is 8.53 Å². The van der Waals surface area contributed by atoms with Crippen molar-refractivity contribution in [3.63, 3.8) is 0 Å². The number of aromatic nitrogens is 1. The van der Waals surface area contributed by atoms with Gasteiger partial charge < -0.3 is 9.34 Å². The van der Waals surface area contributed by atoms with Crippen molar-refractivity contribution in [2.75, 3.05) is 0 Å². The third-order valence-electron chi connectivity index (χ3n) is 5.79. The van der Waals surface area contributed by atoms with E-state index >= 15 is 0 Å². The van der Waals surface area contributed by atoms with Crippen molar-refractivity contribution in [1.82, 2.24) is 14.9 Å². The van der Waals surface area contributed by atoms with Gasteiger partial charge in [0.2, 0.25) is 5.71 Å². The van der Waals surface area contributed by atoms with Crippen LogP contribution in [0.3, 0.4) is 0 Å². The first-order chi connectivity index (χ1) is 12.8. The number of hydrogen-bond acceptors (Lipinski definition) is 4. The van der Waals surface area contributed by atoms with Gasteiger partial charge >= 0.3 is 0 Å². The molecule has 4 heterocycles. The third-order valence-corrected chi connectivity index (χ3v) is 5.79. The summed E-state index contributed by atoms with van der Waals surface area (Å²) in [6.45, 7) is 10.3. The Labute approximate surface area is 154 Å². The van der Waals surface area contributed by atoms with E-state index in [0.717, 1.165) is 21.7 Å². The van der Waals surface area contributed by atoms with Gasteiger partial charge in [-0.3, -0.25) is 0 Å². The summed E-state index contributed by atoms with van der Waals surface area (Å²) in [5.74, 6) is 2.10. The van der Waals surface area contributed by atoms with Gasteiger partial charge in [0.25, 0.3) is 6.85 Å². The Morgan fingerprint density at radius 1 is 1.36 bits per heavy atom. The number of fused-ring (bicyclic) bond motifs is 3. The summed E-state index contributed by atoms with van der Waals surface area (Å²) in [7, 11) is 0.